The molecule has 1 heteroatoms. The van der Waals surface area contributed by atoms with Crippen molar-refractivity contribution in [1.29, 1.82) is 0 Å². The lowest BCUT2D eigenvalue weighted by molar-refractivity contribution is 0.415. The number of benzene rings is 2. The predicted molar refractivity (Wildman–Crippen MR) is 99.2 cm³/mol. The van der Waals surface area contributed by atoms with Gasteiger partial charge in [-0.1, -0.05) is 62.1 Å². The minimum atomic E-state index is -1.01. The van der Waals surface area contributed by atoms with Gasteiger partial charge in [0.25, 0.3) is 0 Å². The van der Waals surface area contributed by atoms with Gasteiger partial charge in [0.15, 0.2) is 0 Å². The average Bonchev–Trinajstić information content (AvgIpc) is 2.56. The molecule has 118 valence electrons. The first-order valence-corrected chi connectivity index (χ1v) is 10.5. The molecule has 0 spiro atoms. The summed E-state index contributed by atoms with van der Waals surface area (Å²) in [7, 11) is -1.01. The normalized spacial score (nSPS) is 21.8. The van der Waals surface area contributed by atoms with Crippen LogP contribution >= 0.6 is 10.0 Å². The van der Waals surface area contributed by atoms with Gasteiger partial charge in [0.2, 0.25) is 0 Å². The Morgan fingerprint density at radius 3 is 1.91 bits per heavy atom. The quantitative estimate of drug-likeness (QED) is 0.601. The largest absolute Gasteiger partial charge is 0.185 e. The van der Waals surface area contributed by atoms with Crippen LogP contribution in [0.15, 0.2) is 64.4 Å². The highest BCUT2D eigenvalue weighted by atomic mass is 32.3. The summed E-state index contributed by atoms with van der Waals surface area (Å²) in [6, 6.07) is 20.6. The van der Waals surface area contributed by atoms with Crippen molar-refractivity contribution < 1.29 is 0 Å². The van der Waals surface area contributed by atoms with Gasteiger partial charge in [-0.05, 0) is 60.1 Å². The Bertz CT molecular complexity index is 608. The van der Waals surface area contributed by atoms with E-state index in [0.29, 0.717) is 4.75 Å². The van der Waals surface area contributed by atoms with Crippen LogP contribution in [0, 0.1) is 6.92 Å². The van der Waals surface area contributed by atoms with E-state index in [0.717, 1.165) is 0 Å². The summed E-state index contributed by atoms with van der Waals surface area (Å²) in [4.78, 5) is 3.09. The van der Waals surface area contributed by atoms with Crippen molar-refractivity contribution in [3.05, 3.63) is 60.2 Å². The van der Waals surface area contributed by atoms with Crippen molar-refractivity contribution in [2.75, 3.05) is 6.26 Å². The van der Waals surface area contributed by atoms with E-state index in [9.17, 15) is 0 Å². The van der Waals surface area contributed by atoms with Gasteiger partial charge in [0.1, 0.15) is 0 Å². The maximum absolute atomic E-state index is 2.55. The van der Waals surface area contributed by atoms with Gasteiger partial charge < -0.3 is 0 Å². The highest BCUT2D eigenvalue weighted by molar-refractivity contribution is 8.34. The Balaban J connectivity index is 2.15. The lowest BCUT2D eigenvalue weighted by Gasteiger charge is -2.54. The highest BCUT2D eigenvalue weighted by Gasteiger charge is 2.43. The Labute approximate surface area is 137 Å². The molecule has 0 N–H and O–H groups in total. The van der Waals surface area contributed by atoms with Crippen LogP contribution in [0.5, 0.6) is 0 Å². The van der Waals surface area contributed by atoms with Crippen LogP contribution in [0.1, 0.15) is 44.6 Å². The zero-order chi connectivity index (χ0) is 15.6. The minimum absolute atomic E-state index is 0.419. The van der Waals surface area contributed by atoms with E-state index < -0.39 is 10.0 Å². The second-order valence-electron chi connectivity index (χ2n) is 7.06. The van der Waals surface area contributed by atoms with Gasteiger partial charge in [-0.25, -0.2) is 0 Å². The second-order valence-corrected chi connectivity index (χ2v) is 10.8. The minimum Gasteiger partial charge on any atom is -0.185 e. The smallest absolute Gasteiger partial charge is 0.00487 e. The first-order valence-electron chi connectivity index (χ1n) is 8.46. The summed E-state index contributed by atoms with van der Waals surface area (Å²) in [6.07, 6.45) is 9.46. The van der Waals surface area contributed by atoms with Crippen molar-refractivity contribution in [1.82, 2.24) is 0 Å². The van der Waals surface area contributed by atoms with Crippen molar-refractivity contribution >= 4 is 10.0 Å². The van der Waals surface area contributed by atoms with Crippen molar-refractivity contribution in [3.63, 3.8) is 0 Å². The van der Waals surface area contributed by atoms with E-state index in [1.54, 1.807) is 9.79 Å². The van der Waals surface area contributed by atoms with E-state index in [1.807, 2.05) is 0 Å². The monoisotopic (exact) mass is 312 g/mol. The van der Waals surface area contributed by atoms with E-state index >= 15 is 0 Å². The Morgan fingerprint density at radius 2 is 1.32 bits per heavy atom. The molecule has 0 aliphatic heterocycles. The molecule has 0 aromatic heterocycles. The molecule has 0 nitrogen and oxygen atoms in total. The van der Waals surface area contributed by atoms with Gasteiger partial charge in [-0.3, -0.25) is 0 Å². The van der Waals surface area contributed by atoms with Crippen molar-refractivity contribution in [3.8, 4) is 0 Å². The molecular formula is C21H28S. The molecule has 1 saturated carbocycles. The maximum Gasteiger partial charge on any atom is 0.00487 e. The molecular weight excluding hydrogens is 284 g/mol. The molecule has 2 aromatic rings. The summed E-state index contributed by atoms with van der Waals surface area (Å²) < 4.78 is 0.419. The molecule has 0 saturated heterocycles. The van der Waals surface area contributed by atoms with Gasteiger partial charge in [0.05, 0.1) is 0 Å². The number of hydrogen-bond donors (Lipinski definition) is 0. The van der Waals surface area contributed by atoms with Crippen LogP contribution < -0.4 is 0 Å². The molecule has 0 bridgehead atoms. The third-order valence-electron chi connectivity index (χ3n) is 5.60. The van der Waals surface area contributed by atoms with Crippen LogP contribution in [0.4, 0.5) is 0 Å². The number of hydrogen-bond acceptors (Lipinski definition) is 0. The van der Waals surface area contributed by atoms with Gasteiger partial charge in [0, 0.05) is 4.75 Å². The van der Waals surface area contributed by atoms with Gasteiger partial charge in [-0.2, -0.15) is 10.0 Å². The molecule has 1 aliphatic rings. The first-order chi connectivity index (χ1) is 10.6. The zero-order valence-corrected chi connectivity index (χ0v) is 15.0. The SMILES string of the molecule is Cc1ccc(S(C)(c2ccccc2)C2(C)CCCCC2)cc1. The molecule has 0 radical (unpaired) electrons. The van der Waals surface area contributed by atoms with Gasteiger partial charge >= 0.3 is 0 Å². The fourth-order valence-electron chi connectivity index (χ4n) is 3.92. The highest BCUT2D eigenvalue weighted by Crippen LogP contribution is 2.71. The lowest BCUT2D eigenvalue weighted by atomic mass is 9.90. The molecule has 1 unspecified atom stereocenters. The summed E-state index contributed by atoms with van der Waals surface area (Å²) in [5.74, 6) is 0. The zero-order valence-electron chi connectivity index (χ0n) is 14.1. The van der Waals surface area contributed by atoms with Crippen LogP contribution in [0.2, 0.25) is 0 Å². The predicted octanol–water partition coefficient (Wildman–Crippen LogP) is 6.57. The fraction of sp³-hybridized carbons (Fsp3) is 0.429. The van der Waals surface area contributed by atoms with Crippen LogP contribution in [-0.4, -0.2) is 11.0 Å². The van der Waals surface area contributed by atoms with Crippen LogP contribution in [0.25, 0.3) is 0 Å². The van der Waals surface area contributed by atoms with Crippen LogP contribution in [0.3, 0.4) is 0 Å². The van der Waals surface area contributed by atoms with E-state index in [-0.39, 0.29) is 0 Å². The summed E-state index contributed by atoms with van der Waals surface area (Å²) in [5.41, 5.74) is 1.35. The summed E-state index contributed by atoms with van der Waals surface area (Å²) >= 11 is 0. The standard InChI is InChI=1S/C21H28S/c1-18-12-14-20(15-13-18)22(3,19-10-6-4-7-11-19)21(2)16-8-5-9-17-21/h4,6-7,10-15H,5,8-9,16-17H2,1-3H3. The molecule has 1 aliphatic carbocycles. The first kappa shape index (κ1) is 15.7. The van der Waals surface area contributed by atoms with Crippen LogP contribution in [-0.2, 0) is 0 Å². The molecule has 1 atom stereocenters. The lowest BCUT2D eigenvalue weighted by Crippen LogP contribution is -2.34. The average molecular weight is 313 g/mol. The topological polar surface area (TPSA) is 0 Å². The summed E-state index contributed by atoms with van der Waals surface area (Å²) in [6.45, 7) is 4.73. The molecule has 22 heavy (non-hydrogen) atoms. The molecule has 0 amide bonds. The summed E-state index contributed by atoms with van der Waals surface area (Å²) in [5, 5.41) is 0. The van der Waals surface area contributed by atoms with E-state index in [4.69, 9.17) is 0 Å². The third-order valence-corrected chi connectivity index (χ3v) is 10.4. The number of rotatable bonds is 3. The second kappa shape index (κ2) is 6.12. The molecule has 2 aromatic carbocycles. The molecule has 0 heterocycles. The Hall–Kier alpha value is -1.21. The Morgan fingerprint density at radius 1 is 0.773 bits per heavy atom. The van der Waals surface area contributed by atoms with Crippen molar-refractivity contribution in [2.45, 2.75) is 60.5 Å². The maximum atomic E-state index is 2.55. The van der Waals surface area contributed by atoms with Crippen molar-refractivity contribution in [2.24, 2.45) is 0 Å². The van der Waals surface area contributed by atoms with E-state index in [2.05, 4.69) is 74.7 Å². The third kappa shape index (κ3) is 2.60. The molecule has 1 fully saturated rings. The molecule has 3 rings (SSSR count). The van der Waals surface area contributed by atoms with Gasteiger partial charge in [-0.15, -0.1) is 0 Å². The van der Waals surface area contributed by atoms with E-state index in [1.165, 1.54) is 37.7 Å². The number of aryl methyl sites for hydroxylation is 1. The Kier molecular flexibility index (Phi) is 4.36. The fourth-order valence-corrected chi connectivity index (χ4v) is 7.81.